The molecule has 3 rings (SSSR count). The van der Waals surface area contributed by atoms with Gasteiger partial charge in [-0.05, 0) is 13.0 Å². The lowest BCUT2D eigenvalue weighted by Gasteiger charge is -2.30. The SMILES string of the molecule is Cc1ccnc(N2C[C@@H]3COC[C@H](C2)N(CC(=O)O)C3)n1. The summed E-state index contributed by atoms with van der Waals surface area (Å²) >= 11 is 0. The number of anilines is 1. The molecule has 0 aromatic carbocycles. The molecule has 0 radical (unpaired) electrons. The van der Waals surface area contributed by atoms with Crippen LogP contribution in [-0.2, 0) is 9.53 Å². The van der Waals surface area contributed by atoms with Gasteiger partial charge in [0.2, 0.25) is 5.95 Å². The second kappa shape index (κ2) is 5.95. The van der Waals surface area contributed by atoms with E-state index in [1.54, 1.807) is 6.20 Å². The average molecular weight is 292 g/mol. The number of carbonyl (C=O) groups is 1. The minimum atomic E-state index is -0.791. The van der Waals surface area contributed by atoms with Crippen LogP contribution in [0.2, 0.25) is 0 Å². The summed E-state index contributed by atoms with van der Waals surface area (Å²) < 4.78 is 5.68. The smallest absolute Gasteiger partial charge is 0.317 e. The molecule has 2 saturated heterocycles. The molecule has 2 bridgehead atoms. The van der Waals surface area contributed by atoms with Crippen molar-refractivity contribution in [1.29, 1.82) is 0 Å². The first-order valence-corrected chi connectivity index (χ1v) is 7.20. The lowest BCUT2D eigenvalue weighted by molar-refractivity contribution is -0.138. The van der Waals surface area contributed by atoms with Gasteiger partial charge in [-0.1, -0.05) is 0 Å². The highest BCUT2D eigenvalue weighted by atomic mass is 16.5. The predicted octanol–water partition coefficient (Wildman–Crippen LogP) is 0.00662. The number of aryl methyl sites for hydroxylation is 1. The number of fused-ring (bicyclic) bond motifs is 3. The molecule has 2 fully saturated rings. The summed E-state index contributed by atoms with van der Waals surface area (Å²) in [6, 6.07) is 1.94. The molecule has 7 heteroatoms. The van der Waals surface area contributed by atoms with Crippen LogP contribution in [-0.4, -0.2) is 71.4 Å². The van der Waals surface area contributed by atoms with Crippen molar-refractivity contribution >= 4 is 11.9 Å². The van der Waals surface area contributed by atoms with Crippen molar-refractivity contribution in [2.45, 2.75) is 13.0 Å². The van der Waals surface area contributed by atoms with Crippen molar-refractivity contribution < 1.29 is 14.6 Å². The predicted molar refractivity (Wildman–Crippen MR) is 76.3 cm³/mol. The van der Waals surface area contributed by atoms with E-state index in [9.17, 15) is 4.79 Å². The van der Waals surface area contributed by atoms with Crippen molar-refractivity contribution in [2.24, 2.45) is 5.92 Å². The second-order valence-corrected chi connectivity index (χ2v) is 5.78. The third-order valence-corrected chi connectivity index (χ3v) is 3.99. The van der Waals surface area contributed by atoms with Gasteiger partial charge in [0.1, 0.15) is 0 Å². The Morgan fingerprint density at radius 2 is 2.29 bits per heavy atom. The van der Waals surface area contributed by atoms with Gasteiger partial charge in [-0.25, -0.2) is 9.97 Å². The molecule has 0 unspecified atom stereocenters. The van der Waals surface area contributed by atoms with E-state index >= 15 is 0 Å². The Morgan fingerprint density at radius 3 is 3.05 bits per heavy atom. The van der Waals surface area contributed by atoms with Crippen molar-refractivity contribution in [3.63, 3.8) is 0 Å². The van der Waals surface area contributed by atoms with Crippen LogP contribution in [0.15, 0.2) is 12.3 Å². The minimum absolute atomic E-state index is 0.0625. The third kappa shape index (κ3) is 3.30. The molecule has 0 spiro atoms. The highest BCUT2D eigenvalue weighted by molar-refractivity contribution is 5.69. The molecule has 3 heterocycles. The van der Waals surface area contributed by atoms with E-state index in [2.05, 4.69) is 14.9 Å². The Bertz CT molecular complexity index is 525. The van der Waals surface area contributed by atoms with Gasteiger partial charge in [0.05, 0.1) is 25.8 Å². The molecule has 1 aromatic rings. The first-order valence-electron chi connectivity index (χ1n) is 7.20. The number of aliphatic carboxylic acids is 1. The molecule has 114 valence electrons. The molecular formula is C14H20N4O3. The van der Waals surface area contributed by atoms with Crippen molar-refractivity contribution in [2.75, 3.05) is 44.3 Å². The lowest BCUT2D eigenvalue weighted by atomic mass is 10.1. The molecule has 21 heavy (non-hydrogen) atoms. The van der Waals surface area contributed by atoms with Crippen LogP contribution in [0, 0.1) is 12.8 Å². The number of carboxylic acids is 1. The summed E-state index contributed by atoms with van der Waals surface area (Å²) in [4.78, 5) is 24.1. The van der Waals surface area contributed by atoms with Crippen LogP contribution < -0.4 is 4.90 Å². The standard InChI is InChI=1S/C14H20N4O3/c1-10-2-3-15-14(16-10)18-5-11-4-17(7-13(19)20)12(6-18)9-21-8-11/h2-3,11-12H,4-9H2,1H3,(H,19,20)/t11-,12+/m1/s1. The molecular weight excluding hydrogens is 272 g/mol. The number of ether oxygens (including phenoxy) is 1. The number of carboxylic acid groups (broad SMARTS) is 1. The molecule has 1 N–H and O–H groups in total. The molecule has 0 amide bonds. The van der Waals surface area contributed by atoms with Gasteiger partial charge in [0, 0.05) is 37.4 Å². The summed E-state index contributed by atoms with van der Waals surface area (Å²) in [5.41, 5.74) is 0.938. The fourth-order valence-corrected chi connectivity index (χ4v) is 3.05. The van der Waals surface area contributed by atoms with Gasteiger partial charge in [-0.2, -0.15) is 0 Å². The van der Waals surface area contributed by atoms with Gasteiger partial charge < -0.3 is 14.7 Å². The van der Waals surface area contributed by atoms with Crippen molar-refractivity contribution in [3.05, 3.63) is 18.0 Å². The van der Waals surface area contributed by atoms with Crippen molar-refractivity contribution in [1.82, 2.24) is 14.9 Å². The molecule has 1 aromatic heterocycles. The summed E-state index contributed by atoms with van der Waals surface area (Å²) in [5, 5.41) is 9.08. The molecule has 0 aliphatic carbocycles. The normalized spacial score (nSPS) is 26.4. The molecule has 2 aliphatic heterocycles. The third-order valence-electron chi connectivity index (χ3n) is 3.99. The van der Waals surface area contributed by atoms with Gasteiger partial charge in [0.15, 0.2) is 0 Å². The number of hydrogen-bond donors (Lipinski definition) is 1. The molecule has 2 atom stereocenters. The monoisotopic (exact) mass is 292 g/mol. The van der Waals surface area contributed by atoms with Crippen LogP contribution in [0.25, 0.3) is 0 Å². The number of rotatable bonds is 3. The maximum atomic E-state index is 11.0. The molecule has 0 saturated carbocycles. The average Bonchev–Trinajstić information content (AvgIpc) is 2.67. The molecule has 7 nitrogen and oxygen atoms in total. The van der Waals surface area contributed by atoms with E-state index in [4.69, 9.17) is 9.84 Å². The van der Waals surface area contributed by atoms with Gasteiger partial charge in [-0.3, -0.25) is 9.69 Å². The quantitative estimate of drug-likeness (QED) is 0.840. The van der Waals surface area contributed by atoms with E-state index in [0.29, 0.717) is 19.8 Å². The molecule has 2 aliphatic rings. The lowest BCUT2D eigenvalue weighted by Crippen LogP contribution is -2.46. The number of nitrogens with zero attached hydrogens (tertiary/aromatic N) is 4. The zero-order valence-corrected chi connectivity index (χ0v) is 12.1. The Hall–Kier alpha value is -1.73. The Balaban J connectivity index is 1.82. The topological polar surface area (TPSA) is 78.8 Å². The maximum absolute atomic E-state index is 11.0. The summed E-state index contributed by atoms with van der Waals surface area (Å²) in [7, 11) is 0. The number of aromatic nitrogens is 2. The Labute approximate surface area is 123 Å². The highest BCUT2D eigenvalue weighted by Gasteiger charge is 2.34. The summed E-state index contributed by atoms with van der Waals surface area (Å²) in [6.07, 6.45) is 1.77. The van der Waals surface area contributed by atoms with Crippen LogP contribution >= 0.6 is 0 Å². The Morgan fingerprint density at radius 1 is 1.43 bits per heavy atom. The summed E-state index contributed by atoms with van der Waals surface area (Å²) in [5.74, 6) is 0.214. The van der Waals surface area contributed by atoms with Crippen LogP contribution in [0.5, 0.6) is 0 Å². The highest BCUT2D eigenvalue weighted by Crippen LogP contribution is 2.22. The van der Waals surface area contributed by atoms with E-state index in [-0.39, 0.29) is 18.5 Å². The zero-order valence-electron chi connectivity index (χ0n) is 12.1. The second-order valence-electron chi connectivity index (χ2n) is 5.78. The van der Waals surface area contributed by atoms with Crippen molar-refractivity contribution in [3.8, 4) is 0 Å². The van der Waals surface area contributed by atoms with Gasteiger partial charge in [0.25, 0.3) is 0 Å². The first kappa shape index (κ1) is 14.2. The van der Waals surface area contributed by atoms with Crippen LogP contribution in [0.1, 0.15) is 5.69 Å². The van der Waals surface area contributed by atoms with Crippen LogP contribution in [0.4, 0.5) is 5.95 Å². The minimum Gasteiger partial charge on any atom is -0.480 e. The number of hydrogen-bond acceptors (Lipinski definition) is 6. The fraction of sp³-hybridized carbons (Fsp3) is 0.643. The van der Waals surface area contributed by atoms with E-state index < -0.39 is 5.97 Å². The summed E-state index contributed by atoms with van der Waals surface area (Å²) in [6.45, 7) is 5.49. The Kier molecular flexibility index (Phi) is 4.03. The van der Waals surface area contributed by atoms with Gasteiger partial charge >= 0.3 is 5.97 Å². The van der Waals surface area contributed by atoms with Crippen LogP contribution in [0.3, 0.4) is 0 Å². The van der Waals surface area contributed by atoms with E-state index in [1.807, 2.05) is 17.9 Å². The maximum Gasteiger partial charge on any atom is 0.317 e. The fourth-order valence-electron chi connectivity index (χ4n) is 3.05. The van der Waals surface area contributed by atoms with E-state index in [0.717, 1.165) is 24.7 Å². The van der Waals surface area contributed by atoms with Gasteiger partial charge in [-0.15, -0.1) is 0 Å². The van der Waals surface area contributed by atoms with E-state index in [1.165, 1.54) is 0 Å². The zero-order chi connectivity index (χ0) is 14.8. The first-order chi connectivity index (χ1) is 10.1. The largest absolute Gasteiger partial charge is 0.480 e.